The van der Waals surface area contributed by atoms with Crippen molar-refractivity contribution in [2.75, 3.05) is 0 Å². The van der Waals surface area contributed by atoms with Gasteiger partial charge in [0.1, 0.15) is 11.2 Å². The van der Waals surface area contributed by atoms with Gasteiger partial charge in [0.15, 0.2) is 11.6 Å². The van der Waals surface area contributed by atoms with E-state index in [1.54, 1.807) is 0 Å². The summed E-state index contributed by atoms with van der Waals surface area (Å²) in [5, 5.41) is 6.72. The van der Waals surface area contributed by atoms with E-state index in [2.05, 4.69) is 100 Å². The first kappa shape index (κ1) is 27.9. The zero-order valence-corrected chi connectivity index (χ0v) is 27.2. The number of hydrogen-bond acceptors (Lipinski definition) is 4. The SMILES string of the molecule is c1ccc(-c2nc(-c3ccccc3)nc(-n3c4ccccc4c4ccc5c6ccc7oc8ccccc8c7c6n(-c6ccccc6)c5c43)n2)cc1. The Hall–Kier alpha value is -7.05. The summed E-state index contributed by atoms with van der Waals surface area (Å²) in [5.74, 6) is 1.80. The van der Waals surface area contributed by atoms with Crippen molar-refractivity contribution in [3.63, 3.8) is 0 Å². The van der Waals surface area contributed by atoms with Crippen LogP contribution in [0.5, 0.6) is 0 Å². The Labute approximate surface area is 291 Å². The number of hydrogen-bond donors (Lipinski definition) is 0. The molecular formula is C45H27N5O. The first-order valence-electron chi connectivity index (χ1n) is 17.0. The minimum atomic E-state index is 0.560. The molecule has 0 aliphatic rings. The summed E-state index contributed by atoms with van der Waals surface area (Å²) in [4.78, 5) is 15.5. The zero-order chi connectivity index (χ0) is 33.5. The second-order valence-electron chi connectivity index (χ2n) is 12.8. The van der Waals surface area contributed by atoms with Gasteiger partial charge in [-0.2, -0.15) is 9.97 Å². The van der Waals surface area contributed by atoms with Crippen LogP contribution >= 0.6 is 0 Å². The van der Waals surface area contributed by atoms with Gasteiger partial charge < -0.3 is 8.98 Å². The van der Waals surface area contributed by atoms with E-state index in [-0.39, 0.29) is 0 Å². The molecule has 11 rings (SSSR count). The van der Waals surface area contributed by atoms with Crippen LogP contribution in [-0.2, 0) is 0 Å². The van der Waals surface area contributed by atoms with Crippen molar-refractivity contribution in [1.82, 2.24) is 24.1 Å². The standard InChI is InChI=1S/C45H27N5O/c1-4-14-28(15-5-1)43-46-44(29-16-6-2-7-17-29)48-45(47-43)50-36-22-12-10-20-31(36)32-24-25-34-33-26-27-38-39(35-21-11-13-23-37(35)51-38)40(33)49(41(34)42(32)50)30-18-8-3-9-19-30/h1-27H. The summed E-state index contributed by atoms with van der Waals surface area (Å²) in [6.45, 7) is 0. The molecule has 7 aromatic carbocycles. The molecule has 4 heterocycles. The minimum absolute atomic E-state index is 0.560. The van der Waals surface area contributed by atoms with E-state index in [4.69, 9.17) is 19.4 Å². The molecule has 51 heavy (non-hydrogen) atoms. The number of furan rings is 1. The van der Waals surface area contributed by atoms with Gasteiger partial charge in [0, 0.05) is 43.7 Å². The third-order valence-corrected chi connectivity index (χ3v) is 9.97. The van der Waals surface area contributed by atoms with E-state index in [0.29, 0.717) is 17.6 Å². The summed E-state index contributed by atoms with van der Waals surface area (Å²) < 4.78 is 11.1. The lowest BCUT2D eigenvalue weighted by molar-refractivity contribution is 0.669. The van der Waals surface area contributed by atoms with Gasteiger partial charge in [0.25, 0.3) is 0 Å². The van der Waals surface area contributed by atoms with Crippen molar-refractivity contribution in [1.29, 1.82) is 0 Å². The van der Waals surface area contributed by atoms with Crippen molar-refractivity contribution in [3.8, 4) is 34.4 Å². The van der Waals surface area contributed by atoms with Crippen LogP contribution in [0.15, 0.2) is 168 Å². The molecule has 6 heteroatoms. The molecule has 0 N–H and O–H groups in total. The van der Waals surface area contributed by atoms with Crippen LogP contribution in [0.25, 0.3) is 100.0 Å². The maximum Gasteiger partial charge on any atom is 0.238 e. The highest BCUT2D eigenvalue weighted by Crippen LogP contribution is 2.45. The molecule has 0 fully saturated rings. The highest BCUT2D eigenvalue weighted by atomic mass is 16.3. The predicted molar refractivity (Wildman–Crippen MR) is 207 cm³/mol. The van der Waals surface area contributed by atoms with Gasteiger partial charge in [-0.1, -0.05) is 127 Å². The lowest BCUT2D eigenvalue weighted by Gasteiger charge is -2.13. The Morgan fingerprint density at radius 1 is 0.373 bits per heavy atom. The summed E-state index contributed by atoms with van der Waals surface area (Å²) >= 11 is 0. The van der Waals surface area contributed by atoms with Gasteiger partial charge in [-0.25, -0.2) is 4.98 Å². The van der Waals surface area contributed by atoms with Crippen molar-refractivity contribution in [3.05, 3.63) is 164 Å². The zero-order valence-electron chi connectivity index (χ0n) is 27.2. The lowest BCUT2D eigenvalue weighted by Crippen LogP contribution is -2.07. The summed E-state index contributed by atoms with van der Waals surface area (Å²) in [5.41, 5.74) is 8.87. The molecule has 4 aromatic heterocycles. The van der Waals surface area contributed by atoms with E-state index in [0.717, 1.165) is 82.4 Å². The number of fused-ring (bicyclic) bond motifs is 11. The van der Waals surface area contributed by atoms with Gasteiger partial charge in [-0.05, 0) is 36.4 Å². The van der Waals surface area contributed by atoms with Crippen LogP contribution < -0.4 is 0 Å². The first-order valence-corrected chi connectivity index (χ1v) is 17.0. The van der Waals surface area contributed by atoms with Crippen molar-refractivity contribution < 1.29 is 4.42 Å². The number of benzene rings is 7. The summed E-state index contributed by atoms with van der Waals surface area (Å²) in [7, 11) is 0. The van der Waals surface area contributed by atoms with E-state index in [1.165, 1.54) is 0 Å². The molecule has 0 amide bonds. The highest BCUT2D eigenvalue weighted by molar-refractivity contribution is 6.29. The number of para-hydroxylation sites is 3. The largest absolute Gasteiger partial charge is 0.456 e. The Kier molecular flexibility index (Phi) is 5.86. The van der Waals surface area contributed by atoms with Crippen molar-refractivity contribution in [2.24, 2.45) is 0 Å². The average molecular weight is 654 g/mol. The molecular weight excluding hydrogens is 627 g/mol. The Balaban J connectivity index is 1.36. The Morgan fingerprint density at radius 3 is 1.61 bits per heavy atom. The first-order chi connectivity index (χ1) is 25.3. The molecule has 0 radical (unpaired) electrons. The fourth-order valence-corrected chi connectivity index (χ4v) is 7.78. The normalized spacial score (nSPS) is 11.9. The third-order valence-electron chi connectivity index (χ3n) is 9.97. The molecule has 0 aliphatic carbocycles. The van der Waals surface area contributed by atoms with Crippen molar-refractivity contribution >= 4 is 65.6 Å². The fraction of sp³-hybridized carbons (Fsp3) is 0. The smallest absolute Gasteiger partial charge is 0.238 e. The molecule has 0 unspecified atom stereocenters. The quantitative estimate of drug-likeness (QED) is 0.190. The molecule has 0 atom stereocenters. The molecule has 0 aliphatic heterocycles. The maximum atomic E-state index is 6.44. The molecule has 6 nitrogen and oxygen atoms in total. The number of nitrogens with zero attached hydrogens (tertiary/aromatic N) is 5. The van der Waals surface area contributed by atoms with Gasteiger partial charge in [-0.15, -0.1) is 0 Å². The van der Waals surface area contributed by atoms with Crippen molar-refractivity contribution in [2.45, 2.75) is 0 Å². The lowest BCUT2D eigenvalue weighted by atomic mass is 10.1. The van der Waals surface area contributed by atoms with Gasteiger partial charge >= 0.3 is 0 Å². The highest BCUT2D eigenvalue weighted by Gasteiger charge is 2.25. The Bertz CT molecular complexity index is 3060. The van der Waals surface area contributed by atoms with E-state index in [9.17, 15) is 0 Å². The van der Waals surface area contributed by atoms with Gasteiger partial charge in [0.2, 0.25) is 5.95 Å². The molecule has 238 valence electrons. The average Bonchev–Trinajstić information content (AvgIpc) is 3.86. The second kappa shape index (κ2) is 10.7. The predicted octanol–water partition coefficient (Wildman–Crippen LogP) is 11.3. The Morgan fingerprint density at radius 2 is 0.902 bits per heavy atom. The van der Waals surface area contributed by atoms with E-state index in [1.807, 2.05) is 72.8 Å². The van der Waals surface area contributed by atoms with Crippen LogP contribution in [0.4, 0.5) is 0 Å². The molecule has 0 saturated carbocycles. The number of rotatable bonds is 4. The van der Waals surface area contributed by atoms with Gasteiger partial charge in [0.05, 0.1) is 27.5 Å². The fourth-order valence-electron chi connectivity index (χ4n) is 7.78. The minimum Gasteiger partial charge on any atom is -0.456 e. The number of aromatic nitrogens is 5. The second-order valence-corrected chi connectivity index (χ2v) is 12.8. The molecule has 0 spiro atoms. The topological polar surface area (TPSA) is 61.7 Å². The van der Waals surface area contributed by atoms with E-state index >= 15 is 0 Å². The summed E-state index contributed by atoms with van der Waals surface area (Å²) in [6.07, 6.45) is 0. The summed E-state index contributed by atoms with van der Waals surface area (Å²) in [6, 6.07) is 56.6. The van der Waals surface area contributed by atoms with E-state index < -0.39 is 0 Å². The van der Waals surface area contributed by atoms with Crippen LogP contribution in [0.2, 0.25) is 0 Å². The molecule has 0 bridgehead atoms. The van der Waals surface area contributed by atoms with Crippen LogP contribution in [0.3, 0.4) is 0 Å². The maximum absolute atomic E-state index is 6.44. The molecule has 0 saturated heterocycles. The monoisotopic (exact) mass is 653 g/mol. The van der Waals surface area contributed by atoms with Crippen LogP contribution in [-0.4, -0.2) is 24.1 Å². The third kappa shape index (κ3) is 4.07. The molecule has 11 aromatic rings. The van der Waals surface area contributed by atoms with Gasteiger partial charge in [-0.3, -0.25) is 4.57 Å². The van der Waals surface area contributed by atoms with Crippen LogP contribution in [0.1, 0.15) is 0 Å². The van der Waals surface area contributed by atoms with Crippen LogP contribution in [0, 0.1) is 0 Å².